The van der Waals surface area contributed by atoms with Crippen LogP contribution in [0.2, 0.25) is 0 Å². The van der Waals surface area contributed by atoms with E-state index in [2.05, 4.69) is 59.4 Å². The number of allylic oxidation sites excluding steroid dienone is 1. The number of fused-ring (bicyclic) bond motifs is 5. The van der Waals surface area contributed by atoms with E-state index in [4.69, 9.17) is 4.74 Å². The van der Waals surface area contributed by atoms with Crippen LogP contribution in [-0.4, -0.2) is 36.6 Å². The van der Waals surface area contributed by atoms with Gasteiger partial charge in [0.25, 0.3) is 0 Å². The molecule has 0 aromatic heterocycles. The molecule has 0 N–H and O–H groups in total. The van der Waals surface area contributed by atoms with E-state index in [0.717, 1.165) is 79.8 Å². The second-order valence-corrected chi connectivity index (χ2v) is 16.6. The molecule has 40 heavy (non-hydrogen) atoms. The fourth-order valence-electron chi connectivity index (χ4n) is 11.2. The summed E-state index contributed by atoms with van der Waals surface area (Å²) in [6, 6.07) is 0. The maximum absolute atomic E-state index is 12.9. The first-order chi connectivity index (χ1) is 19.0. The Morgan fingerprint density at radius 1 is 1.00 bits per heavy atom. The van der Waals surface area contributed by atoms with Crippen LogP contribution in [0.1, 0.15) is 132 Å². The van der Waals surface area contributed by atoms with Crippen molar-refractivity contribution in [3.63, 3.8) is 0 Å². The Morgan fingerprint density at radius 3 is 2.48 bits per heavy atom. The number of carbonyl (C=O) groups excluding carboxylic acids is 1. The molecule has 1 aliphatic heterocycles. The van der Waals surface area contributed by atoms with Crippen LogP contribution in [0.5, 0.6) is 0 Å². The van der Waals surface area contributed by atoms with Gasteiger partial charge in [0, 0.05) is 26.1 Å². The summed E-state index contributed by atoms with van der Waals surface area (Å²) < 4.78 is 6.13. The van der Waals surface area contributed by atoms with Gasteiger partial charge in [0.2, 0.25) is 0 Å². The van der Waals surface area contributed by atoms with E-state index < -0.39 is 0 Å². The first-order valence-corrected chi connectivity index (χ1v) is 17.6. The summed E-state index contributed by atoms with van der Waals surface area (Å²) in [5.74, 6) is 6.76. The minimum absolute atomic E-state index is 0.0294. The van der Waals surface area contributed by atoms with Crippen LogP contribution in [0.4, 0.5) is 0 Å². The number of nitrogens with zero attached hydrogens (tertiary/aromatic N) is 1. The Bertz CT molecular complexity index is 900. The minimum atomic E-state index is 0.0294. The van der Waals surface area contributed by atoms with Crippen molar-refractivity contribution >= 4 is 5.97 Å². The molecular weight excluding hydrogens is 490 g/mol. The van der Waals surface area contributed by atoms with Crippen LogP contribution >= 0.6 is 0 Å². The fourth-order valence-corrected chi connectivity index (χ4v) is 11.2. The molecule has 3 heteroatoms. The van der Waals surface area contributed by atoms with Crippen molar-refractivity contribution in [2.24, 2.45) is 58.2 Å². The molecule has 0 aromatic rings. The molecule has 0 bridgehead atoms. The summed E-state index contributed by atoms with van der Waals surface area (Å²) in [4.78, 5) is 15.3. The lowest BCUT2D eigenvalue weighted by Gasteiger charge is -2.58. The molecule has 0 unspecified atom stereocenters. The molecule has 10 atom stereocenters. The van der Waals surface area contributed by atoms with Crippen molar-refractivity contribution in [1.29, 1.82) is 0 Å². The van der Waals surface area contributed by atoms with Gasteiger partial charge in [0.1, 0.15) is 6.10 Å². The van der Waals surface area contributed by atoms with E-state index in [-0.39, 0.29) is 12.1 Å². The fraction of sp³-hybridized carbons (Fsp3) is 0.919. The first kappa shape index (κ1) is 30.6. The smallest absolute Gasteiger partial charge is 0.307 e. The lowest BCUT2D eigenvalue weighted by atomic mass is 9.47. The number of ether oxygens (including phenoxy) is 1. The lowest BCUT2D eigenvalue weighted by molar-refractivity contribution is -0.152. The topological polar surface area (TPSA) is 29.5 Å². The third-order valence-corrected chi connectivity index (χ3v) is 13.1. The molecule has 3 saturated carbocycles. The van der Waals surface area contributed by atoms with Crippen molar-refractivity contribution < 1.29 is 9.53 Å². The molecule has 5 aliphatic rings. The third kappa shape index (κ3) is 6.26. The van der Waals surface area contributed by atoms with E-state index in [1.807, 2.05) is 0 Å². The van der Waals surface area contributed by atoms with Crippen LogP contribution in [-0.2, 0) is 9.53 Å². The summed E-state index contributed by atoms with van der Waals surface area (Å²) in [6.45, 7) is 20.4. The second-order valence-electron chi connectivity index (χ2n) is 16.6. The lowest BCUT2D eigenvalue weighted by Crippen LogP contribution is -2.51. The Balaban J connectivity index is 1.16. The van der Waals surface area contributed by atoms with Gasteiger partial charge in [0.05, 0.1) is 6.42 Å². The van der Waals surface area contributed by atoms with Crippen molar-refractivity contribution in [2.45, 2.75) is 138 Å². The monoisotopic (exact) mass is 553 g/mol. The van der Waals surface area contributed by atoms with Gasteiger partial charge in [-0.25, -0.2) is 0 Å². The van der Waals surface area contributed by atoms with Crippen molar-refractivity contribution in [3.8, 4) is 0 Å². The summed E-state index contributed by atoms with van der Waals surface area (Å²) in [5, 5.41) is 0. The molecule has 0 aromatic carbocycles. The van der Waals surface area contributed by atoms with Gasteiger partial charge in [-0.3, -0.25) is 4.79 Å². The molecule has 0 radical (unpaired) electrons. The predicted octanol–water partition coefficient (Wildman–Crippen LogP) is 9.31. The maximum Gasteiger partial charge on any atom is 0.307 e. The number of piperidine rings is 1. The summed E-state index contributed by atoms with van der Waals surface area (Å²) in [5.41, 5.74) is 2.52. The van der Waals surface area contributed by atoms with Gasteiger partial charge >= 0.3 is 5.97 Å². The molecule has 0 spiro atoms. The van der Waals surface area contributed by atoms with Crippen LogP contribution in [0.15, 0.2) is 11.6 Å². The van der Waals surface area contributed by atoms with Gasteiger partial charge in [0.15, 0.2) is 0 Å². The second kappa shape index (κ2) is 12.4. The highest BCUT2D eigenvalue weighted by atomic mass is 16.5. The van der Waals surface area contributed by atoms with Crippen LogP contribution in [0.25, 0.3) is 0 Å². The van der Waals surface area contributed by atoms with Gasteiger partial charge in [-0.1, -0.05) is 79.4 Å². The highest BCUT2D eigenvalue weighted by Crippen LogP contribution is 2.67. The Kier molecular flexibility index (Phi) is 9.51. The minimum Gasteiger partial charge on any atom is -0.462 e. The normalized spacial score (nSPS) is 42.5. The van der Waals surface area contributed by atoms with Gasteiger partial charge in [-0.15, -0.1) is 0 Å². The summed E-state index contributed by atoms with van der Waals surface area (Å²) in [7, 11) is 0. The molecule has 4 aliphatic carbocycles. The third-order valence-electron chi connectivity index (χ3n) is 13.1. The van der Waals surface area contributed by atoms with E-state index >= 15 is 0 Å². The molecule has 1 heterocycles. The van der Waals surface area contributed by atoms with Crippen LogP contribution in [0.3, 0.4) is 0 Å². The van der Waals surface area contributed by atoms with Crippen LogP contribution in [0, 0.1) is 58.2 Å². The average molecular weight is 554 g/mol. The molecule has 1 saturated heterocycles. The van der Waals surface area contributed by atoms with Crippen molar-refractivity contribution in [2.75, 3.05) is 19.6 Å². The number of rotatable bonds is 9. The Hall–Kier alpha value is -0.830. The number of esters is 1. The zero-order valence-corrected chi connectivity index (χ0v) is 27.4. The van der Waals surface area contributed by atoms with E-state index in [1.54, 1.807) is 5.57 Å². The highest BCUT2D eigenvalue weighted by molar-refractivity contribution is 5.69. The Labute approximate surface area is 247 Å². The quantitative estimate of drug-likeness (QED) is 0.210. The van der Waals surface area contributed by atoms with Gasteiger partial charge in [-0.05, 0) is 110 Å². The standard InChI is InChI=1S/C37H63NO2/c1-25(2)9-8-10-28(5)32-13-14-33-31-12-11-29-22-30(15-18-36(29,6)34(31)16-19-37(32,33)7)40-35(39)17-20-38-23-26(3)21-27(4)24-38/h11,25-28,30-34H,8-10,12-24H2,1-7H3/t26-,27-,28-,30+,31+,32-,33+,34+,36+,37-/m1/s1. The molecule has 0 amide bonds. The molecule has 4 fully saturated rings. The van der Waals surface area contributed by atoms with Crippen LogP contribution < -0.4 is 0 Å². The predicted molar refractivity (Wildman–Crippen MR) is 167 cm³/mol. The van der Waals surface area contributed by atoms with Crippen molar-refractivity contribution in [3.05, 3.63) is 11.6 Å². The zero-order valence-electron chi connectivity index (χ0n) is 27.4. The highest BCUT2D eigenvalue weighted by Gasteiger charge is 2.59. The average Bonchev–Trinajstić information content (AvgIpc) is 3.24. The molecular formula is C37H63NO2. The van der Waals surface area contributed by atoms with Gasteiger partial charge in [-0.2, -0.15) is 0 Å². The molecule has 3 nitrogen and oxygen atoms in total. The first-order valence-electron chi connectivity index (χ1n) is 17.6. The van der Waals surface area contributed by atoms with Gasteiger partial charge < -0.3 is 9.64 Å². The summed E-state index contributed by atoms with van der Waals surface area (Å²) >= 11 is 0. The zero-order chi connectivity index (χ0) is 28.7. The van der Waals surface area contributed by atoms with E-state index in [1.165, 1.54) is 64.2 Å². The number of likely N-dealkylation sites (tertiary alicyclic amines) is 1. The molecule has 5 rings (SSSR count). The largest absolute Gasteiger partial charge is 0.462 e. The number of carbonyl (C=O) groups is 1. The van der Waals surface area contributed by atoms with Crippen molar-refractivity contribution in [1.82, 2.24) is 4.90 Å². The summed E-state index contributed by atoms with van der Waals surface area (Å²) in [6.07, 6.45) is 19.1. The van der Waals surface area contributed by atoms with E-state index in [9.17, 15) is 4.79 Å². The number of hydrogen-bond acceptors (Lipinski definition) is 3. The number of hydrogen-bond donors (Lipinski definition) is 0. The molecule has 228 valence electrons. The maximum atomic E-state index is 12.9. The Morgan fingerprint density at radius 2 is 1.75 bits per heavy atom. The van der Waals surface area contributed by atoms with E-state index in [0.29, 0.717) is 17.3 Å². The SMILES string of the molecule is CC(C)CCC[C@@H](C)[C@H]1CC[C@H]2[C@@H]3CC=C4C[C@@H](OC(=O)CCN5C[C@H](C)C[C@@H](C)C5)CC[C@]4(C)[C@H]3CC[C@]12C.